The third-order valence-corrected chi connectivity index (χ3v) is 8.50. The zero-order valence-electron chi connectivity index (χ0n) is 11.8. The van der Waals surface area contributed by atoms with Crippen LogP contribution in [0.5, 0.6) is 0 Å². The van der Waals surface area contributed by atoms with Crippen molar-refractivity contribution in [2.24, 2.45) is 0 Å². The van der Waals surface area contributed by atoms with Gasteiger partial charge < -0.3 is 0 Å². The molecule has 0 unspecified atom stereocenters. The summed E-state index contributed by atoms with van der Waals surface area (Å²) in [6, 6.07) is 0. The maximum atomic E-state index is 12.4. The molecular formula is C11H27GeO4P. The Balaban J connectivity index is 4.30. The molecule has 0 radical (unpaired) electrons. The molecule has 0 bridgehead atoms. The Kier molecular flexibility index (Phi) is 9.04. The van der Waals surface area contributed by atoms with Crippen LogP contribution in [0.4, 0.5) is 0 Å². The van der Waals surface area contributed by atoms with Gasteiger partial charge in [-0.1, -0.05) is 0 Å². The molecule has 17 heavy (non-hydrogen) atoms. The van der Waals surface area contributed by atoms with Crippen LogP contribution in [0.25, 0.3) is 0 Å². The summed E-state index contributed by atoms with van der Waals surface area (Å²) < 4.78 is 28.7. The molecular weight excluding hydrogens is 300 g/mol. The number of unbranched alkanes of at least 4 members (excludes halogenated alkanes) is 2. The van der Waals surface area contributed by atoms with Gasteiger partial charge in [-0.3, -0.25) is 0 Å². The van der Waals surface area contributed by atoms with E-state index in [-0.39, 0.29) is 0 Å². The maximum absolute atomic E-state index is 12.4. The van der Waals surface area contributed by atoms with E-state index >= 15 is 0 Å². The summed E-state index contributed by atoms with van der Waals surface area (Å²) in [5, 5.41) is 0. The van der Waals surface area contributed by atoms with Crippen molar-refractivity contribution in [1.82, 2.24) is 0 Å². The standard InChI is InChI=1S/C11H27GeO4P/c1-6-8-10-14-17(13,15-11-9-7-2)16-12(3,4)5/h6-11H2,1-5H3. The average molecular weight is 327 g/mol. The molecule has 0 amide bonds. The third-order valence-electron chi connectivity index (χ3n) is 1.88. The molecule has 0 aromatic carbocycles. The van der Waals surface area contributed by atoms with Crippen molar-refractivity contribution >= 4 is 21.4 Å². The van der Waals surface area contributed by atoms with Crippen LogP contribution in [0.1, 0.15) is 39.5 Å². The van der Waals surface area contributed by atoms with Gasteiger partial charge in [-0.15, -0.1) is 0 Å². The molecule has 0 N–H and O–H groups in total. The number of hydrogen-bond donors (Lipinski definition) is 0. The second-order valence-corrected chi connectivity index (χ2v) is 16.6. The predicted octanol–water partition coefficient (Wildman–Crippen LogP) is 4.58. The summed E-state index contributed by atoms with van der Waals surface area (Å²) in [5.41, 5.74) is 0. The van der Waals surface area contributed by atoms with Crippen LogP contribution in [0.3, 0.4) is 0 Å². The van der Waals surface area contributed by atoms with Gasteiger partial charge >= 0.3 is 109 Å². The Morgan fingerprint density at radius 1 is 0.941 bits per heavy atom. The quantitative estimate of drug-likeness (QED) is 0.335. The summed E-state index contributed by atoms with van der Waals surface area (Å²) in [5.74, 6) is 6.08. The van der Waals surface area contributed by atoms with Crippen LogP contribution in [0.15, 0.2) is 0 Å². The van der Waals surface area contributed by atoms with E-state index < -0.39 is 21.4 Å². The molecule has 0 aliphatic heterocycles. The van der Waals surface area contributed by atoms with E-state index in [1.807, 2.05) is 17.3 Å². The molecule has 0 saturated carbocycles. The number of hydrogen-bond acceptors (Lipinski definition) is 4. The van der Waals surface area contributed by atoms with Crippen molar-refractivity contribution in [2.75, 3.05) is 13.2 Å². The minimum atomic E-state index is -3.32. The van der Waals surface area contributed by atoms with Gasteiger partial charge in [0.25, 0.3) is 0 Å². The molecule has 0 spiro atoms. The van der Waals surface area contributed by atoms with Gasteiger partial charge in [0.2, 0.25) is 0 Å². The van der Waals surface area contributed by atoms with Gasteiger partial charge in [0.1, 0.15) is 0 Å². The normalized spacial score (nSPS) is 13.0. The van der Waals surface area contributed by atoms with Gasteiger partial charge in [-0.25, -0.2) is 0 Å². The Labute approximate surface area is 109 Å². The van der Waals surface area contributed by atoms with E-state index in [1.54, 1.807) is 0 Å². The first-order chi connectivity index (χ1) is 7.83. The van der Waals surface area contributed by atoms with Gasteiger partial charge in [0.05, 0.1) is 0 Å². The number of phosphoric ester groups is 1. The van der Waals surface area contributed by atoms with E-state index in [1.165, 1.54) is 0 Å². The van der Waals surface area contributed by atoms with Gasteiger partial charge in [0.15, 0.2) is 0 Å². The SMILES string of the molecule is CCCCOP(=O)(OCCCC)[O][Ge]([CH3])([CH3])[CH3]. The Morgan fingerprint density at radius 3 is 1.65 bits per heavy atom. The van der Waals surface area contributed by atoms with Crippen molar-refractivity contribution in [3.63, 3.8) is 0 Å². The van der Waals surface area contributed by atoms with Crippen LogP contribution in [-0.4, -0.2) is 26.8 Å². The molecule has 0 aromatic heterocycles. The molecule has 104 valence electrons. The topological polar surface area (TPSA) is 44.8 Å². The van der Waals surface area contributed by atoms with Gasteiger partial charge in [0, 0.05) is 0 Å². The van der Waals surface area contributed by atoms with Gasteiger partial charge in [-0.05, 0) is 0 Å². The molecule has 0 aliphatic carbocycles. The van der Waals surface area contributed by atoms with Crippen LogP contribution in [-0.2, 0) is 17.2 Å². The monoisotopic (exact) mass is 328 g/mol. The van der Waals surface area contributed by atoms with Crippen LogP contribution < -0.4 is 0 Å². The molecule has 4 nitrogen and oxygen atoms in total. The summed E-state index contributed by atoms with van der Waals surface area (Å²) >= 11 is -2.41. The zero-order chi connectivity index (χ0) is 13.4. The fourth-order valence-electron chi connectivity index (χ4n) is 1.07. The Bertz CT molecular complexity index is 226. The predicted molar refractivity (Wildman–Crippen MR) is 73.8 cm³/mol. The second-order valence-electron chi connectivity index (χ2n) is 5.02. The van der Waals surface area contributed by atoms with Crippen LogP contribution in [0, 0.1) is 0 Å². The van der Waals surface area contributed by atoms with E-state index in [2.05, 4.69) is 13.8 Å². The van der Waals surface area contributed by atoms with E-state index in [0.717, 1.165) is 25.7 Å². The van der Waals surface area contributed by atoms with E-state index in [4.69, 9.17) is 12.6 Å². The Morgan fingerprint density at radius 2 is 1.35 bits per heavy atom. The molecule has 0 atom stereocenters. The van der Waals surface area contributed by atoms with Crippen molar-refractivity contribution in [3.8, 4) is 0 Å². The summed E-state index contributed by atoms with van der Waals surface area (Å²) in [4.78, 5) is 0. The fraction of sp³-hybridized carbons (Fsp3) is 1.00. The minimum absolute atomic E-state index is 0.443. The van der Waals surface area contributed by atoms with Crippen molar-refractivity contribution < 1.29 is 17.2 Å². The first-order valence-corrected chi connectivity index (χ1v) is 15.0. The molecule has 0 fully saturated rings. The summed E-state index contributed by atoms with van der Waals surface area (Å²) in [7, 11) is -3.32. The molecule has 6 heteroatoms. The van der Waals surface area contributed by atoms with Crippen LogP contribution >= 0.6 is 7.82 Å². The Hall–Kier alpha value is 0.653. The number of rotatable bonds is 10. The first kappa shape index (κ1) is 17.7. The molecule has 0 aliphatic rings. The van der Waals surface area contributed by atoms with Crippen molar-refractivity contribution in [2.45, 2.75) is 56.8 Å². The zero-order valence-corrected chi connectivity index (χ0v) is 14.8. The molecule has 0 rings (SSSR count). The first-order valence-electron chi connectivity index (χ1n) is 6.43. The van der Waals surface area contributed by atoms with Crippen molar-refractivity contribution in [3.05, 3.63) is 0 Å². The van der Waals surface area contributed by atoms with E-state index in [0.29, 0.717) is 13.2 Å². The second kappa shape index (κ2) is 8.70. The number of phosphoric acid groups is 1. The fourth-order valence-corrected chi connectivity index (χ4v) is 7.51. The summed E-state index contributed by atoms with van der Waals surface area (Å²) in [6.45, 7) is 5.01. The van der Waals surface area contributed by atoms with Crippen molar-refractivity contribution in [1.29, 1.82) is 0 Å². The third kappa shape index (κ3) is 10.3. The molecule has 0 saturated heterocycles. The van der Waals surface area contributed by atoms with E-state index in [9.17, 15) is 4.57 Å². The average Bonchev–Trinajstić information content (AvgIpc) is 2.15. The molecule has 0 aromatic rings. The van der Waals surface area contributed by atoms with Crippen LogP contribution in [0.2, 0.25) is 17.3 Å². The molecule has 0 heterocycles. The summed E-state index contributed by atoms with van der Waals surface area (Å²) in [6.07, 6.45) is 3.76. The van der Waals surface area contributed by atoms with Gasteiger partial charge in [-0.2, -0.15) is 0 Å².